The van der Waals surface area contributed by atoms with E-state index in [0.29, 0.717) is 27.8 Å². The minimum absolute atomic E-state index is 0.361. The molecule has 0 aromatic carbocycles. The number of thiophene rings is 1. The molecule has 0 saturated heterocycles. The van der Waals surface area contributed by atoms with E-state index in [2.05, 4.69) is 21.2 Å². The highest BCUT2D eigenvalue weighted by molar-refractivity contribution is 7.13. The van der Waals surface area contributed by atoms with Crippen molar-refractivity contribution in [1.82, 2.24) is 15.1 Å². The van der Waals surface area contributed by atoms with E-state index in [1.807, 2.05) is 10.8 Å². The molecule has 0 aliphatic heterocycles. The Labute approximate surface area is 104 Å². The van der Waals surface area contributed by atoms with Crippen LogP contribution in [0.1, 0.15) is 5.56 Å². The molecular formula is C10H4N4OS2. The van der Waals surface area contributed by atoms with Crippen molar-refractivity contribution in [2.45, 2.75) is 0 Å². The van der Waals surface area contributed by atoms with E-state index in [1.165, 1.54) is 22.7 Å². The molecule has 3 heterocycles. The van der Waals surface area contributed by atoms with Crippen molar-refractivity contribution >= 4 is 22.7 Å². The SMILES string of the molecule is N#Cc1ccsc1-c1nc(-c2cscn2)no1. The van der Waals surface area contributed by atoms with Gasteiger partial charge in [-0.3, -0.25) is 0 Å². The Balaban J connectivity index is 2.04. The summed E-state index contributed by atoms with van der Waals surface area (Å²) in [6, 6.07) is 3.82. The summed E-state index contributed by atoms with van der Waals surface area (Å²) < 4.78 is 5.14. The lowest BCUT2D eigenvalue weighted by Crippen LogP contribution is -1.80. The molecule has 3 rings (SSSR count). The smallest absolute Gasteiger partial charge is 0.269 e. The Hall–Kier alpha value is -2.04. The van der Waals surface area contributed by atoms with Gasteiger partial charge in [0.25, 0.3) is 5.89 Å². The molecule has 17 heavy (non-hydrogen) atoms. The van der Waals surface area contributed by atoms with Gasteiger partial charge < -0.3 is 4.52 Å². The first kappa shape index (κ1) is 10.1. The lowest BCUT2D eigenvalue weighted by Gasteiger charge is -1.86. The van der Waals surface area contributed by atoms with Crippen molar-refractivity contribution < 1.29 is 4.52 Å². The molecule has 5 nitrogen and oxygen atoms in total. The van der Waals surface area contributed by atoms with Crippen LogP contribution in [0, 0.1) is 11.3 Å². The second-order valence-electron chi connectivity index (χ2n) is 3.07. The Bertz CT molecular complexity index is 677. The summed E-state index contributed by atoms with van der Waals surface area (Å²) in [5.41, 5.74) is 2.93. The molecule has 82 valence electrons. The molecule has 7 heteroatoms. The molecule has 0 amide bonds. The summed E-state index contributed by atoms with van der Waals surface area (Å²) in [5.74, 6) is 0.804. The van der Waals surface area contributed by atoms with Gasteiger partial charge >= 0.3 is 0 Å². The third-order valence-electron chi connectivity index (χ3n) is 2.07. The molecule has 0 bridgehead atoms. The third-order valence-corrected chi connectivity index (χ3v) is 3.56. The van der Waals surface area contributed by atoms with Crippen LogP contribution in [0.4, 0.5) is 0 Å². The largest absolute Gasteiger partial charge is 0.333 e. The van der Waals surface area contributed by atoms with Crippen molar-refractivity contribution in [2.24, 2.45) is 0 Å². The minimum Gasteiger partial charge on any atom is -0.333 e. The minimum atomic E-state index is 0.361. The Morgan fingerprint density at radius 3 is 3.12 bits per heavy atom. The third kappa shape index (κ3) is 1.73. The van der Waals surface area contributed by atoms with Gasteiger partial charge in [-0.25, -0.2) is 4.98 Å². The molecule has 0 fully saturated rings. The van der Waals surface area contributed by atoms with Crippen LogP contribution in [-0.4, -0.2) is 15.1 Å². The standard InChI is InChI=1S/C10H4N4OS2/c11-3-6-1-2-17-8(6)10-13-9(14-15-10)7-4-16-5-12-7/h1-2,4-5H. The number of hydrogen-bond donors (Lipinski definition) is 0. The van der Waals surface area contributed by atoms with E-state index in [9.17, 15) is 0 Å². The van der Waals surface area contributed by atoms with Gasteiger partial charge in [0, 0.05) is 5.38 Å². The Kier molecular flexibility index (Phi) is 2.44. The normalized spacial score (nSPS) is 10.3. The second kappa shape index (κ2) is 4.08. The van der Waals surface area contributed by atoms with E-state index in [-0.39, 0.29) is 0 Å². The monoisotopic (exact) mass is 260 g/mol. The van der Waals surface area contributed by atoms with Gasteiger partial charge in [-0.05, 0) is 11.4 Å². The van der Waals surface area contributed by atoms with Gasteiger partial charge in [0.05, 0.1) is 11.1 Å². The van der Waals surface area contributed by atoms with Gasteiger partial charge in [0.1, 0.15) is 16.6 Å². The van der Waals surface area contributed by atoms with Gasteiger partial charge in [-0.1, -0.05) is 5.16 Å². The van der Waals surface area contributed by atoms with Crippen LogP contribution in [0.5, 0.6) is 0 Å². The zero-order valence-electron chi connectivity index (χ0n) is 8.32. The van der Waals surface area contributed by atoms with Gasteiger partial charge in [-0.15, -0.1) is 22.7 Å². The molecule has 3 aromatic rings. The molecule has 3 aromatic heterocycles. The molecule has 0 unspecified atom stereocenters. The number of hydrogen-bond acceptors (Lipinski definition) is 7. The van der Waals surface area contributed by atoms with Crippen molar-refractivity contribution in [3.63, 3.8) is 0 Å². The van der Waals surface area contributed by atoms with Crippen molar-refractivity contribution in [3.8, 4) is 28.4 Å². The molecule has 0 radical (unpaired) electrons. The number of rotatable bonds is 2. The van der Waals surface area contributed by atoms with E-state index < -0.39 is 0 Å². The Morgan fingerprint density at radius 1 is 1.41 bits per heavy atom. The van der Waals surface area contributed by atoms with Crippen LogP contribution in [0.25, 0.3) is 22.3 Å². The van der Waals surface area contributed by atoms with Gasteiger partial charge in [0.15, 0.2) is 0 Å². The summed E-state index contributed by atoms with van der Waals surface area (Å²) >= 11 is 2.87. The molecule has 0 N–H and O–H groups in total. The molecule has 0 aliphatic rings. The second-order valence-corrected chi connectivity index (χ2v) is 4.71. The fraction of sp³-hybridized carbons (Fsp3) is 0. The van der Waals surface area contributed by atoms with E-state index in [0.717, 1.165) is 0 Å². The molecule has 0 atom stereocenters. The molecule has 0 aliphatic carbocycles. The summed E-state index contributed by atoms with van der Waals surface area (Å²) in [6.07, 6.45) is 0. The maximum Gasteiger partial charge on any atom is 0.269 e. The highest BCUT2D eigenvalue weighted by Gasteiger charge is 2.15. The number of nitrogens with zero attached hydrogens (tertiary/aromatic N) is 4. The van der Waals surface area contributed by atoms with Crippen molar-refractivity contribution in [1.29, 1.82) is 5.26 Å². The lowest BCUT2D eigenvalue weighted by molar-refractivity contribution is 0.433. The maximum atomic E-state index is 8.92. The van der Waals surface area contributed by atoms with E-state index in [4.69, 9.17) is 9.78 Å². The maximum absolute atomic E-state index is 8.92. The zero-order chi connectivity index (χ0) is 11.7. The topological polar surface area (TPSA) is 75.6 Å². The summed E-state index contributed by atoms with van der Waals surface area (Å²) in [4.78, 5) is 9.02. The van der Waals surface area contributed by atoms with Gasteiger partial charge in [0.2, 0.25) is 5.82 Å². The van der Waals surface area contributed by atoms with Crippen LogP contribution < -0.4 is 0 Å². The first-order valence-electron chi connectivity index (χ1n) is 4.58. The molecular weight excluding hydrogens is 256 g/mol. The van der Waals surface area contributed by atoms with Crippen LogP contribution in [0.15, 0.2) is 26.9 Å². The van der Waals surface area contributed by atoms with E-state index >= 15 is 0 Å². The number of thiazole rings is 1. The van der Waals surface area contributed by atoms with Gasteiger partial charge in [-0.2, -0.15) is 10.2 Å². The quantitative estimate of drug-likeness (QED) is 0.708. The summed E-state index contributed by atoms with van der Waals surface area (Å²) in [6.45, 7) is 0. The molecule has 0 saturated carbocycles. The molecule has 0 spiro atoms. The number of aromatic nitrogens is 3. The van der Waals surface area contributed by atoms with Crippen LogP contribution in [0.3, 0.4) is 0 Å². The highest BCUT2D eigenvalue weighted by Crippen LogP contribution is 2.29. The van der Waals surface area contributed by atoms with E-state index in [1.54, 1.807) is 11.6 Å². The summed E-state index contributed by atoms with van der Waals surface area (Å²) in [7, 11) is 0. The average molecular weight is 260 g/mol. The Morgan fingerprint density at radius 2 is 2.35 bits per heavy atom. The first-order valence-corrected chi connectivity index (χ1v) is 6.41. The highest BCUT2D eigenvalue weighted by atomic mass is 32.1. The first-order chi connectivity index (χ1) is 8.38. The van der Waals surface area contributed by atoms with Crippen molar-refractivity contribution in [3.05, 3.63) is 27.9 Å². The predicted molar refractivity (Wildman–Crippen MR) is 63.4 cm³/mol. The fourth-order valence-corrected chi connectivity index (χ4v) is 2.60. The van der Waals surface area contributed by atoms with Crippen molar-refractivity contribution in [2.75, 3.05) is 0 Å². The fourth-order valence-electron chi connectivity index (χ4n) is 1.31. The number of nitriles is 1. The summed E-state index contributed by atoms with van der Waals surface area (Å²) in [5, 5.41) is 16.4. The predicted octanol–water partition coefficient (Wildman–Crippen LogP) is 2.79. The van der Waals surface area contributed by atoms with Crippen LogP contribution >= 0.6 is 22.7 Å². The lowest BCUT2D eigenvalue weighted by atomic mass is 10.3. The van der Waals surface area contributed by atoms with Crippen LogP contribution in [0.2, 0.25) is 0 Å². The zero-order valence-corrected chi connectivity index (χ0v) is 9.96. The van der Waals surface area contributed by atoms with Crippen LogP contribution in [-0.2, 0) is 0 Å². The average Bonchev–Trinajstić information content (AvgIpc) is 3.09.